The molecular formula is C18H36N2O. The topological polar surface area (TPSA) is 24.5 Å². The van der Waals surface area contributed by atoms with E-state index in [2.05, 4.69) is 17.3 Å². The molecule has 2 aliphatic rings. The quantitative estimate of drug-likeness (QED) is 0.548. The van der Waals surface area contributed by atoms with Gasteiger partial charge in [0.15, 0.2) is 0 Å². The van der Waals surface area contributed by atoms with E-state index < -0.39 is 0 Å². The zero-order chi connectivity index (χ0) is 15.0. The fourth-order valence-corrected chi connectivity index (χ4v) is 4.40. The van der Waals surface area contributed by atoms with Crippen LogP contribution in [0.5, 0.6) is 0 Å². The molecular weight excluding hydrogens is 260 g/mol. The maximum Gasteiger partial charge on any atom is 0.0587 e. The zero-order valence-corrected chi connectivity index (χ0v) is 14.3. The molecule has 3 nitrogen and oxygen atoms in total. The van der Waals surface area contributed by atoms with Gasteiger partial charge in [0.2, 0.25) is 0 Å². The van der Waals surface area contributed by atoms with Crippen LogP contribution >= 0.6 is 0 Å². The first kappa shape index (κ1) is 17.2. The van der Waals surface area contributed by atoms with Gasteiger partial charge in [-0.2, -0.15) is 0 Å². The van der Waals surface area contributed by atoms with Gasteiger partial charge in [-0.1, -0.05) is 38.5 Å². The van der Waals surface area contributed by atoms with Crippen molar-refractivity contribution in [3.05, 3.63) is 0 Å². The molecule has 0 aromatic carbocycles. The Morgan fingerprint density at radius 3 is 2.33 bits per heavy atom. The van der Waals surface area contributed by atoms with E-state index in [4.69, 9.17) is 4.74 Å². The maximum absolute atomic E-state index is 5.18. The number of nitrogens with one attached hydrogen (secondary N) is 1. The van der Waals surface area contributed by atoms with E-state index in [1.165, 1.54) is 77.3 Å². The molecule has 2 aliphatic carbocycles. The van der Waals surface area contributed by atoms with Crippen molar-refractivity contribution in [2.75, 3.05) is 40.4 Å². The van der Waals surface area contributed by atoms with Crippen LogP contribution in [0.25, 0.3) is 0 Å². The minimum Gasteiger partial charge on any atom is -0.383 e. The van der Waals surface area contributed by atoms with E-state index in [0.717, 1.165) is 19.2 Å². The molecule has 0 bridgehead atoms. The molecule has 2 rings (SSSR count). The van der Waals surface area contributed by atoms with Crippen LogP contribution in [0, 0.1) is 5.41 Å². The van der Waals surface area contributed by atoms with Crippen LogP contribution in [0.1, 0.15) is 64.2 Å². The number of hydrogen-bond acceptors (Lipinski definition) is 3. The van der Waals surface area contributed by atoms with Crippen LogP contribution in [-0.4, -0.2) is 51.3 Å². The Bertz CT molecular complexity index is 268. The van der Waals surface area contributed by atoms with Gasteiger partial charge in [0, 0.05) is 32.8 Å². The van der Waals surface area contributed by atoms with Crippen LogP contribution in [0.2, 0.25) is 0 Å². The molecule has 0 heterocycles. The molecule has 0 amide bonds. The predicted octanol–water partition coefficient (Wildman–Crippen LogP) is 3.44. The third-order valence-corrected chi connectivity index (χ3v) is 5.68. The summed E-state index contributed by atoms with van der Waals surface area (Å²) in [4.78, 5) is 2.69. The monoisotopic (exact) mass is 296 g/mol. The Balaban J connectivity index is 1.89. The van der Waals surface area contributed by atoms with Crippen molar-refractivity contribution in [2.24, 2.45) is 5.41 Å². The number of rotatable bonds is 8. The summed E-state index contributed by atoms with van der Waals surface area (Å²) in [6.07, 6.45) is 14.2. The highest BCUT2D eigenvalue weighted by Crippen LogP contribution is 2.36. The summed E-state index contributed by atoms with van der Waals surface area (Å²) in [6.45, 7) is 4.28. The minimum absolute atomic E-state index is 0.502. The largest absolute Gasteiger partial charge is 0.383 e. The number of ether oxygens (including phenoxy) is 1. The fraction of sp³-hybridized carbons (Fsp3) is 1.00. The second-order valence-corrected chi connectivity index (χ2v) is 7.44. The summed E-state index contributed by atoms with van der Waals surface area (Å²) in [6, 6.07) is 0.851. The zero-order valence-electron chi connectivity index (χ0n) is 14.3. The Morgan fingerprint density at radius 2 is 1.71 bits per heavy atom. The van der Waals surface area contributed by atoms with E-state index in [1.807, 2.05) is 0 Å². The molecule has 3 heteroatoms. The summed E-state index contributed by atoms with van der Waals surface area (Å²) in [7, 11) is 4.16. The van der Waals surface area contributed by atoms with Crippen LogP contribution in [0.4, 0.5) is 0 Å². The summed E-state index contributed by atoms with van der Waals surface area (Å²) >= 11 is 0. The van der Waals surface area contributed by atoms with Gasteiger partial charge < -0.3 is 15.0 Å². The summed E-state index contributed by atoms with van der Waals surface area (Å²) in [5.74, 6) is 0. The van der Waals surface area contributed by atoms with Crippen LogP contribution < -0.4 is 5.32 Å². The lowest BCUT2D eigenvalue weighted by Gasteiger charge is -2.39. The average molecular weight is 296 g/mol. The normalized spacial score (nSPS) is 23.6. The van der Waals surface area contributed by atoms with Crippen molar-refractivity contribution in [1.82, 2.24) is 10.2 Å². The smallest absolute Gasteiger partial charge is 0.0587 e. The van der Waals surface area contributed by atoms with Gasteiger partial charge in [0.05, 0.1) is 6.61 Å². The first-order valence-electron chi connectivity index (χ1n) is 9.16. The molecule has 124 valence electrons. The molecule has 0 aliphatic heterocycles. The van der Waals surface area contributed by atoms with Gasteiger partial charge in [0.1, 0.15) is 0 Å². The summed E-state index contributed by atoms with van der Waals surface area (Å²) in [5.41, 5.74) is 0.502. The molecule has 1 N–H and O–H groups in total. The van der Waals surface area contributed by atoms with Crippen molar-refractivity contribution in [2.45, 2.75) is 70.3 Å². The highest BCUT2D eigenvalue weighted by molar-refractivity contribution is 4.88. The molecule has 21 heavy (non-hydrogen) atoms. The van der Waals surface area contributed by atoms with Crippen LogP contribution in [0.3, 0.4) is 0 Å². The fourth-order valence-electron chi connectivity index (χ4n) is 4.40. The number of methoxy groups -OCH3 is 1. The first-order chi connectivity index (χ1) is 10.3. The molecule has 0 atom stereocenters. The highest BCUT2D eigenvalue weighted by atomic mass is 16.5. The van der Waals surface area contributed by atoms with Crippen molar-refractivity contribution >= 4 is 0 Å². The Labute approximate surface area is 131 Å². The Morgan fingerprint density at radius 1 is 1.05 bits per heavy atom. The highest BCUT2D eigenvalue weighted by Gasteiger charge is 2.34. The number of hydrogen-bond donors (Lipinski definition) is 1. The van der Waals surface area contributed by atoms with E-state index in [0.29, 0.717) is 5.41 Å². The third kappa shape index (κ3) is 5.54. The van der Waals surface area contributed by atoms with Crippen molar-refractivity contribution in [3.63, 3.8) is 0 Å². The van der Waals surface area contributed by atoms with Gasteiger partial charge in [-0.3, -0.25) is 0 Å². The van der Waals surface area contributed by atoms with Gasteiger partial charge in [-0.05, 0) is 38.1 Å². The molecule has 0 unspecified atom stereocenters. The molecule has 0 radical (unpaired) electrons. The predicted molar refractivity (Wildman–Crippen MR) is 89.8 cm³/mol. The molecule has 0 spiro atoms. The minimum atomic E-state index is 0.502. The Kier molecular flexibility index (Phi) is 7.48. The second-order valence-electron chi connectivity index (χ2n) is 7.44. The summed E-state index contributed by atoms with van der Waals surface area (Å²) in [5, 5.41) is 3.67. The van der Waals surface area contributed by atoms with Gasteiger partial charge in [0.25, 0.3) is 0 Å². The lowest BCUT2D eigenvalue weighted by atomic mass is 9.79. The second kappa shape index (κ2) is 9.12. The standard InChI is InChI=1S/C18H36N2O/c1-20(17-9-5-6-10-17)16-18(15-19-13-14-21-2)11-7-3-4-8-12-18/h17,19H,3-16H2,1-2H3. The van der Waals surface area contributed by atoms with Crippen LogP contribution in [-0.2, 0) is 4.74 Å². The maximum atomic E-state index is 5.18. The van der Waals surface area contributed by atoms with Crippen LogP contribution in [0.15, 0.2) is 0 Å². The molecule has 0 saturated heterocycles. The SMILES string of the molecule is COCCNCC1(CN(C)C2CCCC2)CCCCCC1. The third-order valence-electron chi connectivity index (χ3n) is 5.68. The molecule has 2 fully saturated rings. The van der Waals surface area contributed by atoms with Gasteiger partial charge in [-0.25, -0.2) is 0 Å². The van der Waals surface area contributed by atoms with Crippen molar-refractivity contribution in [1.29, 1.82) is 0 Å². The van der Waals surface area contributed by atoms with Crippen molar-refractivity contribution < 1.29 is 4.74 Å². The van der Waals surface area contributed by atoms with Gasteiger partial charge in [-0.15, -0.1) is 0 Å². The van der Waals surface area contributed by atoms with Crippen molar-refractivity contribution in [3.8, 4) is 0 Å². The van der Waals surface area contributed by atoms with E-state index in [9.17, 15) is 0 Å². The molecule has 0 aromatic rings. The van der Waals surface area contributed by atoms with E-state index >= 15 is 0 Å². The first-order valence-corrected chi connectivity index (χ1v) is 9.16. The molecule has 2 saturated carbocycles. The lowest BCUT2D eigenvalue weighted by molar-refractivity contribution is 0.112. The average Bonchev–Trinajstić information content (AvgIpc) is 2.93. The van der Waals surface area contributed by atoms with E-state index in [1.54, 1.807) is 7.11 Å². The molecule has 0 aromatic heterocycles. The number of nitrogens with zero attached hydrogens (tertiary/aromatic N) is 1. The Hall–Kier alpha value is -0.120. The summed E-state index contributed by atoms with van der Waals surface area (Å²) < 4.78 is 5.18. The van der Waals surface area contributed by atoms with Gasteiger partial charge >= 0.3 is 0 Å². The van der Waals surface area contributed by atoms with E-state index in [-0.39, 0.29) is 0 Å². The lowest BCUT2D eigenvalue weighted by Crippen LogP contribution is -2.46.